The maximum absolute atomic E-state index is 13.1. The molecular weight excluding hydrogens is 500 g/mol. The fourth-order valence-corrected chi connectivity index (χ4v) is 5.55. The zero-order valence-corrected chi connectivity index (χ0v) is 22.4. The molecule has 3 aromatic rings. The lowest BCUT2D eigenvalue weighted by molar-refractivity contribution is 0.0955. The van der Waals surface area contributed by atoms with E-state index in [1.165, 1.54) is 0 Å². The predicted molar refractivity (Wildman–Crippen MR) is 150 cm³/mol. The Balaban J connectivity index is 1.35. The van der Waals surface area contributed by atoms with Crippen molar-refractivity contribution in [2.75, 3.05) is 43.8 Å². The van der Waals surface area contributed by atoms with Crippen LogP contribution in [0.25, 0.3) is 0 Å². The minimum Gasteiger partial charge on any atom is -0.352 e. The molecule has 2 amide bonds. The van der Waals surface area contributed by atoms with Crippen molar-refractivity contribution in [2.45, 2.75) is 19.9 Å². The molecule has 0 atom stereocenters. The molecule has 4 rings (SSSR count). The van der Waals surface area contributed by atoms with E-state index in [4.69, 9.17) is 0 Å². The van der Waals surface area contributed by atoms with Gasteiger partial charge in [0.2, 0.25) is 10.0 Å². The Hall–Kier alpha value is -3.53. The van der Waals surface area contributed by atoms with E-state index in [1.54, 1.807) is 41.6 Å². The number of piperazine rings is 1. The van der Waals surface area contributed by atoms with Gasteiger partial charge in [0.1, 0.15) is 0 Å². The van der Waals surface area contributed by atoms with Crippen LogP contribution in [-0.4, -0.2) is 67.9 Å². The molecule has 0 bridgehead atoms. The number of sulfonamides is 1. The second-order valence-corrected chi connectivity index (χ2v) is 11.5. The highest BCUT2D eigenvalue weighted by Crippen LogP contribution is 2.18. The van der Waals surface area contributed by atoms with Crippen molar-refractivity contribution in [3.63, 3.8) is 0 Å². The van der Waals surface area contributed by atoms with Crippen LogP contribution >= 0.6 is 0 Å². The van der Waals surface area contributed by atoms with E-state index in [9.17, 15) is 18.0 Å². The van der Waals surface area contributed by atoms with Gasteiger partial charge in [-0.05, 0) is 48.7 Å². The lowest BCUT2D eigenvalue weighted by Crippen LogP contribution is -2.48. The van der Waals surface area contributed by atoms with Crippen LogP contribution in [-0.2, 0) is 23.0 Å². The SMILES string of the molecule is CCS(=O)(=O)N1CCN(Cc2cccc(C(=O)Nc3ccccc3C(=O)NCCc3ccccc3)c2)CC1. The van der Waals surface area contributed by atoms with E-state index in [0.29, 0.717) is 56.1 Å². The molecule has 0 aliphatic carbocycles. The van der Waals surface area contributed by atoms with Crippen molar-refractivity contribution in [3.8, 4) is 0 Å². The number of carbonyl (C=O) groups is 2. The molecule has 3 aromatic carbocycles. The number of hydrogen-bond acceptors (Lipinski definition) is 5. The standard InChI is InChI=1S/C29H34N4O4S/c1-2-38(36,37)33-19-17-32(18-20-33)22-24-11-8-12-25(21-24)28(34)31-27-14-7-6-13-26(27)29(35)30-16-15-23-9-4-3-5-10-23/h3-14,21H,2,15-20,22H2,1H3,(H,30,35)(H,31,34). The summed E-state index contributed by atoms with van der Waals surface area (Å²) in [5.41, 5.74) is 3.46. The van der Waals surface area contributed by atoms with Gasteiger partial charge in [0.25, 0.3) is 11.8 Å². The summed E-state index contributed by atoms with van der Waals surface area (Å²) >= 11 is 0. The summed E-state index contributed by atoms with van der Waals surface area (Å²) < 4.78 is 25.8. The topological polar surface area (TPSA) is 98.8 Å². The molecule has 2 N–H and O–H groups in total. The quantitative estimate of drug-likeness (QED) is 0.416. The number of nitrogens with one attached hydrogen (secondary N) is 2. The molecule has 1 saturated heterocycles. The minimum atomic E-state index is -3.17. The summed E-state index contributed by atoms with van der Waals surface area (Å²) in [5, 5.41) is 5.82. The molecule has 0 radical (unpaired) electrons. The van der Waals surface area contributed by atoms with E-state index in [0.717, 1.165) is 17.5 Å². The molecule has 0 saturated carbocycles. The summed E-state index contributed by atoms with van der Waals surface area (Å²) in [5.74, 6) is -0.423. The first-order valence-electron chi connectivity index (χ1n) is 12.9. The van der Waals surface area contributed by atoms with Gasteiger partial charge in [-0.25, -0.2) is 8.42 Å². The summed E-state index contributed by atoms with van der Waals surface area (Å²) in [4.78, 5) is 28.1. The minimum absolute atomic E-state index is 0.114. The van der Waals surface area contributed by atoms with E-state index in [-0.39, 0.29) is 17.6 Å². The van der Waals surface area contributed by atoms with Crippen LogP contribution in [0.15, 0.2) is 78.9 Å². The average molecular weight is 535 g/mol. The van der Waals surface area contributed by atoms with E-state index >= 15 is 0 Å². The molecule has 1 aliphatic heterocycles. The van der Waals surface area contributed by atoms with Gasteiger partial charge in [0.05, 0.1) is 17.0 Å². The van der Waals surface area contributed by atoms with Crippen LogP contribution in [0.1, 0.15) is 38.8 Å². The second kappa shape index (κ2) is 12.8. The molecule has 1 heterocycles. The largest absolute Gasteiger partial charge is 0.352 e. The number of amides is 2. The lowest BCUT2D eigenvalue weighted by atomic mass is 10.1. The molecule has 0 spiro atoms. The smallest absolute Gasteiger partial charge is 0.255 e. The number of nitrogens with zero attached hydrogens (tertiary/aromatic N) is 2. The van der Waals surface area contributed by atoms with Gasteiger partial charge < -0.3 is 10.6 Å². The third-order valence-corrected chi connectivity index (χ3v) is 8.53. The zero-order valence-electron chi connectivity index (χ0n) is 21.6. The Labute approximate surface area is 224 Å². The summed E-state index contributed by atoms with van der Waals surface area (Å²) in [6, 6.07) is 24.3. The second-order valence-electron chi connectivity index (χ2n) is 9.27. The zero-order chi connectivity index (χ0) is 27.0. The molecular formula is C29H34N4O4S. The molecule has 1 aliphatic rings. The van der Waals surface area contributed by atoms with Gasteiger partial charge in [0.15, 0.2) is 0 Å². The van der Waals surface area contributed by atoms with Crippen LogP contribution in [0.5, 0.6) is 0 Å². The number of rotatable bonds is 10. The van der Waals surface area contributed by atoms with E-state index in [1.807, 2.05) is 48.5 Å². The Bertz CT molecular complexity index is 1350. The van der Waals surface area contributed by atoms with Crippen LogP contribution in [0.4, 0.5) is 5.69 Å². The maximum atomic E-state index is 13.1. The predicted octanol–water partition coefficient (Wildman–Crippen LogP) is 3.38. The van der Waals surface area contributed by atoms with Gasteiger partial charge in [-0.2, -0.15) is 4.31 Å². The average Bonchev–Trinajstić information content (AvgIpc) is 2.94. The Morgan fingerprint density at radius 1 is 0.816 bits per heavy atom. The van der Waals surface area contributed by atoms with Crippen molar-refractivity contribution in [2.24, 2.45) is 0 Å². The molecule has 200 valence electrons. The van der Waals surface area contributed by atoms with E-state index < -0.39 is 10.0 Å². The van der Waals surface area contributed by atoms with Crippen molar-refractivity contribution in [1.82, 2.24) is 14.5 Å². The van der Waals surface area contributed by atoms with Crippen LogP contribution < -0.4 is 10.6 Å². The molecule has 38 heavy (non-hydrogen) atoms. The first-order valence-corrected chi connectivity index (χ1v) is 14.5. The third-order valence-electron chi connectivity index (χ3n) is 6.65. The fourth-order valence-electron chi connectivity index (χ4n) is 4.46. The van der Waals surface area contributed by atoms with Crippen LogP contribution in [0.3, 0.4) is 0 Å². The van der Waals surface area contributed by atoms with Gasteiger partial charge in [0, 0.05) is 44.8 Å². The number of hydrogen-bond donors (Lipinski definition) is 2. The third kappa shape index (κ3) is 7.28. The van der Waals surface area contributed by atoms with Crippen molar-refractivity contribution < 1.29 is 18.0 Å². The Kier molecular flexibility index (Phi) is 9.28. The van der Waals surface area contributed by atoms with Gasteiger partial charge >= 0.3 is 0 Å². The normalized spacial score (nSPS) is 14.7. The van der Waals surface area contributed by atoms with Crippen LogP contribution in [0, 0.1) is 0 Å². The van der Waals surface area contributed by atoms with Crippen molar-refractivity contribution in [1.29, 1.82) is 0 Å². The highest BCUT2D eigenvalue weighted by molar-refractivity contribution is 7.89. The molecule has 8 nitrogen and oxygen atoms in total. The molecule has 9 heteroatoms. The summed E-state index contributed by atoms with van der Waals surface area (Å²) in [7, 11) is -3.17. The fraction of sp³-hybridized carbons (Fsp3) is 0.310. The first kappa shape index (κ1) is 27.5. The molecule has 0 unspecified atom stereocenters. The number of carbonyl (C=O) groups excluding carboxylic acids is 2. The Morgan fingerprint density at radius 3 is 2.24 bits per heavy atom. The molecule has 0 aromatic heterocycles. The monoisotopic (exact) mass is 534 g/mol. The lowest BCUT2D eigenvalue weighted by Gasteiger charge is -2.33. The number of anilines is 1. The van der Waals surface area contributed by atoms with E-state index in [2.05, 4.69) is 15.5 Å². The summed E-state index contributed by atoms with van der Waals surface area (Å²) in [6.07, 6.45) is 0.720. The highest BCUT2D eigenvalue weighted by atomic mass is 32.2. The Morgan fingerprint density at radius 2 is 1.50 bits per heavy atom. The van der Waals surface area contributed by atoms with Crippen LogP contribution in [0.2, 0.25) is 0 Å². The highest BCUT2D eigenvalue weighted by Gasteiger charge is 2.25. The number of para-hydroxylation sites is 1. The van der Waals surface area contributed by atoms with Gasteiger partial charge in [-0.15, -0.1) is 0 Å². The van der Waals surface area contributed by atoms with Gasteiger partial charge in [-0.1, -0.05) is 54.6 Å². The first-order chi connectivity index (χ1) is 18.4. The van der Waals surface area contributed by atoms with Crippen molar-refractivity contribution in [3.05, 3.63) is 101 Å². The number of benzene rings is 3. The van der Waals surface area contributed by atoms with Crippen molar-refractivity contribution >= 4 is 27.5 Å². The van der Waals surface area contributed by atoms with Gasteiger partial charge in [-0.3, -0.25) is 14.5 Å². The maximum Gasteiger partial charge on any atom is 0.255 e. The molecule has 1 fully saturated rings. The summed E-state index contributed by atoms with van der Waals surface area (Å²) in [6.45, 7) is 5.01.